The van der Waals surface area contributed by atoms with E-state index in [1.165, 1.54) is 0 Å². The summed E-state index contributed by atoms with van der Waals surface area (Å²) in [6.07, 6.45) is 2.84. The van der Waals surface area contributed by atoms with Gasteiger partial charge in [0.25, 0.3) is 0 Å². The third-order valence-electron chi connectivity index (χ3n) is 2.98. The lowest BCUT2D eigenvalue weighted by atomic mass is 9.79. The fraction of sp³-hybridized carbons (Fsp3) is 0.357. The van der Waals surface area contributed by atoms with E-state index < -0.39 is 0 Å². The molecule has 0 saturated heterocycles. The molecule has 0 fully saturated rings. The number of hydrogen-bond donors (Lipinski definition) is 0. The van der Waals surface area contributed by atoms with Gasteiger partial charge in [0.2, 0.25) is 0 Å². The van der Waals surface area contributed by atoms with Crippen LogP contribution in [-0.2, 0) is 9.53 Å². The Morgan fingerprint density at radius 2 is 2.06 bits per heavy atom. The van der Waals surface area contributed by atoms with Crippen LogP contribution in [0.1, 0.15) is 24.8 Å². The van der Waals surface area contributed by atoms with E-state index in [4.69, 9.17) is 9.47 Å². The maximum absolute atomic E-state index is 11.6. The van der Waals surface area contributed by atoms with Crippen molar-refractivity contribution in [3.8, 4) is 5.75 Å². The van der Waals surface area contributed by atoms with Crippen molar-refractivity contribution in [2.75, 3.05) is 13.7 Å². The Labute approximate surface area is 101 Å². The monoisotopic (exact) mass is 232 g/mol. The van der Waals surface area contributed by atoms with Gasteiger partial charge in [-0.2, -0.15) is 0 Å². The molecule has 0 amide bonds. The maximum atomic E-state index is 11.6. The second-order valence-electron chi connectivity index (χ2n) is 3.94. The summed E-state index contributed by atoms with van der Waals surface area (Å²) in [5.41, 5.74) is 1.91. The Bertz CT molecular complexity index is 431. The van der Waals surface area contributed by atoms with Gasteiger partial charge < -0.3 is 9.47 Å². The molecule has 0 heterocycles. The molecular formula is C14H16O3. The molecule has 0 radical (unpaired) electrons. The number of esters is 1. The maximum Gasteiger partial charge on any atom is 0.334 e. The predicted octanol–water partition coefficient (Wildman–Crippen LogP) is 2.67. The van der Waals surface area contributed by atoms with Crippen molar-refractivity contribution in [2.24, 2.45) is 0 Å². The fourth-order valence-corrected chi connectivity index (χ4v) is 1.95. The molecule has 90 valence electrons. The average molecular weight is 232 g/mol. The van der Waals surface area contributed by atoms with Crippen LogP contribution in [0.5, 0.6) is 5.75 Å². The second kappa shape index (κ2) is 5.04. The first kappa shape index (κ1) is 11.7. The van der Waals surface area contributed by atoms with Gasteiger partial charge in [-0.05, 0) is 31.0 Å². The summed E-state index contributed by atoms with van der Waals surface area (Å²) in [5, 5.41) is 0. The smallest absolute Gasteiger partial charge is 0.334 e. The fourth-order valence-electron chi connectivity index (χ4n) is 1.95. The molecule has 1 aromatic rings. The Balaban J connectivity index is 2.09. The van der Waals surface area contributed by atoms with Crippen LogP contribution >= 0.6 is 0 Å². The Kier molecular flexibility index (Phi) is 3.47. The van der Waals surface area contributed by atoms with E-state index in [9.17, 15) is 4.79 Å². The summed E-state index contributed by atoms with van der Waals surface area (Å²) in [4.78, 5) is 11.6. The van der Waals surface area contributed by atoms with Crippen molar-refractivity contribution in [3.63, 3.8) is 0 Å². The van der Waals surface area contributed by atoms with E-state index in [0.29, 0.717) is 6.61 Å². The van der Waals surface area contributed by atoms with E-state index in [1.807, 2.05) is 37.3 Å². The van der Waals surface area contributed by atoms with Gasteiger partial charge in [-0.3, -0.25) is 0 Å². The average Bonchev–Trinajstić information content (AvgIpc) is 2.29. The van der Waals surface area contributed by atoms with Gasteiger partial charge in [0.1, 0.15) is 5.75 Å². The minimum atomic E-state index is -0.195. The molecule has 1 atom stereocenters. The van der Waals surface area contributed by atoms with Crippen LogP contribution in [0.3, 0.4) is 0 Å². The lowest BCUT2D eigenvalue weighted by molar-refractivity contribution is -0.139. The van der Waals surface area contributed by atoms with Crippen LogP contribution in [-0.4, -0.2) is 19.7 Å². The van der Waals surface area contributed by atoms with Gasteiger partial charge in [-0.15, -0.1) is 0 Å². The minimum absolute atomic E-state index is 0.181. The second-order valence-corrected chi connectivity index (χ2v) is 3.94. The largest absolute Gasteiger partial charge is 0.497 e. The summed E-state index contributed by atoms with van der Waals surface area (Å²) < 4.78 is 10.1. The number of allylic oxidation sites excluding steroid dienone is 1. The normalized spacial score (nSPS) is 18.0. The molecule has 0 N–H and O–H groups in total. The molecule has 1 aliphatic rings. The Morgan fingerprint density at radius 3 is 2.53 bits per heavy atom. The zero-order valence-corrected chi connectivity index (χ0v) is 10.1. The first-order chi connectivity index (χ1) is 8.26. The van der Waals surface area contributed by atoms with Crippen LogP contribution < -0.4 is 4.74 Å². The highest BCUT2D eigenvalue weighted by Crippen LogP contribution is 2.37. The number of hydrogen-bond acceptors (Lipinski definition) is 3. The highest BCUT2D eigenvalue weighted by atomic mass is 16.5. The first-order valence-electron chi connectivity index (χ1n) is 5.77. The molecule has 0 saturated carbocycles. The molecule has 3 heteroatoms. The Morgan fingerprint density at radius 1 is 1.35 bits per heavy atom. The highest BCUT2D eigenvalue weighted by molar-refractivity contribution is 5.92. The standard InChI is InChI=1S/C14H16O3/c1-3-17-14(15)13-9-8-12(13)10-4-6-11(16-2)7-5-10/h4-7,9,12H,3,8H2,1-2H3. The van der Waals surface area contributed by atoms with Gasteiger partial charge in [0.05, 0.1) is 13.7 Å². The highest BCUT2D eigenvalue weighted by Gasteiger charge is 2.29. The molecule has 0 aliphatic heterocycles. The number of methoxy groups -OCH3 is 1. The van der Waals surface area contributed by atoms with Crippen molar-refractivity contribution in [2.45, 2.75) is 19.3 Å². The SMILES string of the molecule is CCOC(=O)C1=CCC1c1ccc(OC)cc1. The van der Waals surface area contributed by atoms with Crippen LogP contribution in [0.4, 0.5) is 0 Å². The molecule has 0 spiro atoms. The van der Waals surface area contributed by atoms with E-state index in [0.717, 1.165) is 23.3 Å². The van der Waals surface area contributed by atoms with Crippen molar-refractivity contribution >= 4 is 5.97 Å². The van der Waals surface area contributed by atoms with Crippen molar-refractivity contribution < 1.29 is 14.3 Å². The third-order valence-corrected chi connectivity index (χ3v) is 2.98. The quantitative estimate of drug-likeness (QED) is 0.749. The molecular weight excluding hydrogens is 216 g/mol. The third kappa shape index (κ3) is 2.33. The zero-order chi connectivity index (χ0) is 12.3. The summed E-state index contributed by atoms with van der Waals surface area (Å²) >= 11 is 0. The molecule has 0 bridgehead atoms. The summed E-state index contributed by atoms with van der Waals surface area (Å²) in [5.74, 6) is 0.814. The molecule has 0 aromatic heterocycles. The number of carbonyl (C=O) groups is 1. The lowest BCUT2D eigenvalue weighted by Crippen LogP contribution is -2.20. The molecule has 17 heavy (non-hydrogen) atoms. The topological polar surface area (TPSA) is 35.5 Å². The predicted molar refractivity (Wildman–Crippen MR) is 65.1 cm³/mol. The van der Waals surface area contributed by atoms with Crippen molar-refractivity contribution in [1.29, 1.82) is 0 Å². The molecule has 1 aromatic carbocycles. The van der Waals surface area contributed by atoms with Crippen molar-refractivity contribution in [3.05, 3.63) is 41.5 Å². The molecule has 2 rings (SSSR count). The van der Waals surface area contributed by atoms with Crippen LogP contribution in [0.2, 0.25) is 0 Å². The van der Waals surface area contributed by atoms with E-state index >= 15 is 0 Å². The van der Waals surface area contributed by atoms with Crippen LogP contribution in [0.25, 0.3) is 0 Å². The summed E-state index contributed by atoms with van der Waals surface area (Å²) in [6, 6.07) is 7.82. The number of benzene rings is 1. The van der Waals surface area contributed by atoms with Gasteiger partial charge in [-0.25, -0.2) is 4.79 Å². The zero-order valence-electron chi connectivity index (χ0n) is 10.1. The van der Waals surface area contributed by atoms with Crippen molar-refractivity contribution in [1.82, 2.24) is 0 Å². The molecule has 1 aliphatic carbocycles. The van der Waals surface area contributed by atoms with E-state index in [-0.39, 0.29) is 11.9 Å². The Hall–Kier alpha value is -1.77. The minimum Gasteiger partial charge on any atom is -0.497 e. The number of carbonyl (C=O) groups excluding carboxylic acids is 1. The van der Waals surface area contributed by atoms with E-state index in [2.05, 4.69) is 0 Å². The summed E-state index contributed by atoms with van der Waals surface area (Å²) in [7, 11) is 1.64. The van der Waals surface area contributed by atoms with Gasteiger partial charge in [0, 0.05) is 11.5 Å². The van der Waals surface area contributed by atoms with Gasteiger partial charge in [0.15, 0.2) is 0 Å². The number of ether oxygens (including phenoxy) is 2. The van der Waals surface area contributed by atoms with Crippen LogP contribution in [0, 0.1) is 0 Å². The molecule has 3 nitrogen and oxygen atoms in total. The van der Waals surface area contributed by atoms with E-state index in [1.54, 1.807) is 7.11 Å². The van der Waals surface area contributed by atoms with Gasteiger partial charge >= 0.3 is 5.97 Å². The molecule has 1 unspecified atom stereocenters. The number of rotatable bonds is 4. The lowest BCUT2D eigenvalue weighted by Gasteiger charge is -2.26. The van der Waals surface area contributed by atoms with Crippen LogP contribution in [0.15, 0.2) is 35.9 Å². The first-order valence-corrected chi connectivity index (χ1v) is 5.77. The van der Waals surface area contributed by atoms with Gasteiger partial charge in [-0.1, -0.05) is 18.2 Å². The summed E-state index contributed by atoms with van der Waals surface area (Å²) in [6.45, 7) is 2.24.